The van der Waals surface area contributed by atoms with E-state index < -0.39 is 6.03 Å². The Bertz CT molecular complexity index is 726. The minimum absolute atomic E-state index is 0.0956. The second kappa shape index (κ2) is 4.74. The van der Waals surface area contributed by atoms with Gasteiger partial charge in [-0.15, -0.1) is 0 Å². The van der Waals surface area contributed by atoms with Gasteiger partial charge >= 0.3 is 6.03 Å². The topological polar surface area (TPSA) is 82.9 Å². The van der Waals surface area contributed by atoms with E-state index >= 15 is 0 Å². The van der Waals surface area contributed by atoms with Crippen molar-refractivity contribution in [1.29, 1.82) is 0 Å². The molecule has 0 spiro atoms. The lowest BCUT2D eigenvalue weighted by atomic mass is 9.75. The third-order valence-corrected chi connectivity index (χ3v) is 5.15. The molecule has 2 amide bonds. The highest BCUT2D eigenvalue weighted by atomic mass is 79.9. The molecule has 5 N–H and O–H groups in total. The second-order valence-electron chi connectivity index (χ2n) is 6.00. The highest BCUT2D eigenvalue weighted by Gasteiger charge is 2.36. The molecule has 1 aromatic carbocycles. The summed E-state index contributed by atoms with van der Waals surface area (Å²) >= 11 is 3.60. The molecule has 4 rings (SSSR count). The normalized spacial score (nSPS) is 27.4. The number of rotatable bonds is 1. The fourth-order valence-electron chi connectivity index (χ4n) is 3.89. The molecule has 1 aliphatic carbocycles. The summed E-state index contributed by atoms with van der Waals surface area (Å²) in [6.45, 7) is 0.779. The maximum atomic E-state index is 11.1. The lowest BCUT2D eigenvalue weighted by Crippen LogP contribution is -2.55. The Morgan fingerprint density at radius 3 is 3.10 bits per heavy atom. The minimum Gasteiger partial charge on any atom is -0.361 e. The summed E-state index contributed by atoms with van der Waals surface area (Å²) in [5, 5.41) is 7.75. The van der Waals surface area contributed by atoms with E-state index in [9.17, 15) is 4.79 Å². The molecule has 0 saturated carbocycles. The van der Waals surface area contributed by atoms with Gasteiger partial charge in [-0.3, -0.25) is 0 Å². The van der Waals surface area contributed by atoms with Gasteiger partial charge in [-0.2, -0.15) is 0 Å². The SMILES string of the molecule is NC(=O)NC1CN[C@@H]2Cc3c[nH]c4cc(Br)cc(c34)[C@H]2C1. The molecule has 0 bridgehead atoms. The zero-order valence-electron chi connectivity index (χ0n) is 11.4. The number of carbonyl (C=O) groups is 1. The average molecular weight is 349 g/mol. The predicted molar refractivity (Wildman–Crippen MR) is 85.4 cm³/mol. The molecule has 2 heterocycles. The highest BCUT2D eigenvalue weighted by molar-refractivity contribution is 9.10. The van der Waals surface area contributed by atoms with Crippen LogP contribution in [0.5, 0.6) is 0 Å². The van der Waals surface area contributed by atoms with E-state index in [4.69, 9.17) is 5.73 Å². The second-order valence-corrected chi connectivity index (χ2v) is 6.91. The van der Waals surface area contributed by atoms with Crippen molar-refractivity contribution in [2.75, 3.05) is 6.54 Å². The molecule has 1 fully saturated rings. The standard InChI is InChI=1S/C15H17BrN4O/c16-8-2-11-10-4-9(20-15(17)21)6-19-12(10)1-7-5-18-13(3-8)14(7)11/h2-3,5,9-10,12,18-19H,1,4,6H2,(H3,17,20,21)/t9?,10-,12-/m1/s1. The number of aromatic amines is 1. The van der Waals surface area contributed by atoms with E-state index in [2.05, 4.69) is 49.9 Å². The van der Waals surface area contributed by atoms with Crippen molar-refractivity contribution in [3.63, 3.8) is 0 Å². The number of hydrogen-bond acceptors (Lipinski definition) is 2. The molecule has 5 nitrogen and oxygen atoms in total. The van der Waals surface area contributed by atoms with E-state index in [0.717, 1.165) is 23.9 Å². The van der Waals surface area contributed by atoms with Gasteiger partial charge in [0.1, 0.15) is 0 Å². The summed E-state index contributed by atoms with van der Waals surface area (Å²) in [4.78, 5) is 14.5. The van der Waals surface area contributed by atoms with Crippen LogP contribution in [-0.4, -0.2) is 29.6 Å². The molecule has 0 radical (unpaired) electrons. The first-order valence-electron chi connectivity index (χ1n) is 7.20. The Kier molecular flexibility index (Phi) is 2.97. The number of amides is 2. The summed E-state index contributed by atoms with van der Waals surface area (Å²) in [6.07, 6.45) is 4.08. The summed E-state index contributed by atoms with van der Waals surface area (Å²) < 4.78 is 1.09. The Hall–Kier alpha value is -1.53. The van der Waals surface area contributed by atoms with E-state index in [1.807, 2.05) is 0 Å². The van der Waals surface area contributed by atoms with Gasteiger partial charge in [0, 0.05) is 46.1 Å². The van der Waals surface area contributed by atoms with Crippen LogP contribution in [0.25, 0.3) is 10.9 Å². The van der Waals surface area contributed by atoms with Crippen LogP contribution >= 0.6 is 15.9 Å². The van der Waals surface area contributed by atoms with Crippen LogP contribution < -0.4 is 16.4 Å². The summed E-state index contributed by atoms with van der Waals surface area (Å²) in [6, 6.07) is 4.41. The minimum atomic E-state index is -0.446. The molecular formula is C15H17BrN4O. The lowest BCUT2D eigenvalue weighted by Gasteiger charge is -2.40. The number of aromatic nitrogens is 1. The fourth-order valence-corrected chi connectivity index (χ4v) is 4.36. The van der Waals surface area contributed by atoms with Gasteiger partial charge in [0.25, 0.3) is 0 Å². The highest BCUT2D eigenvalue weighted by Crippen LogP contribution is 2.42. The predicted octanol–water partition coefficient (Wildman–Crippen LogP) is 1.97. The van der Waals surface area contributed by atoms with Gasteiger partial charge in [0.2, 0.25) is 0 Å². The van der Waals surface area contributed by atoms with Gasteiger partial charge in [0.15, 0.2) is 0 Å². The number of carbonyl (C=O) groups excluding carboxylic acids is 1. The number of H-pyrrole nitrogens is 1. The van der Waals surface area contributed by atoms with Crippen molar-refractivity contribution < 1.29 is 4.79 Å². The van der Waals surface area contributed by atoms with Crippen molar-refractivity contribution in [2.45, 2.75) is 30.8 Å². The van der Waals surface area contributed by atoms with Gasteiger partial charge in [0.05, 0.1) is 0 Å². The molecule has 2 aliphatic rings. The first-order valence-corrected chi connectivity index (χ1v) is 8.00. The summed E-state index contributed by atoms with van der Waals surface area (Å²) in [7, 11) is 0. The van der Waals surface area contributed by atoms with E-state index in [1.54, 1.807) is 0 Å². The van der Waals surface area contributed by atoms with Gasteiger partial charge < -0.3 is 21.4 Å². The van der Waals surface area contributed by atoms with Crippen molar-refractivity contribution in [3.05, 3.63) is 33.9 Å². The Morgan fingerprint density at radius 2 is 2.29 bits per heavy atom. The van der Waals surface area contributed by atoms with Crippen molar-refractivity contribution in [1.82, 2.24) is 15.6 Å². The Morgan fingerprint density at radius 1 is 1.43 bits per heavy atom. The average Bonchev–Trinajstić information content (AvgIpc) is 2.82. The molecule has 110 valence electrons. The van der Waals surface area contributed by atoms with Crippen molar-refractivity contribution in [2.24, 2.45) is 5.73 Å². The number of nitrogens with two attached hydrogens (primary N) is 1. The van der Waals surface area contributed by atoms with E-state index in [-0.39, 0.29) is 6.04 Å². The maximum absolute atomic E-state index is 11.1. The van der Waals surface area contributed by atoms with Crippen LogP contribution in [0.1, 0.15) is 23.5 Å². The molecule has 1 aliphatic heterocycles. The third kappa shape index (κ3) is 2.13. The summed E-state index contributed by atoms with van der Waals surface area (Å²) in [5.41, 5.74) is 9.17. The van der Waals surface area contributed by atoms with Crippen molar-refractivity contribution >= 4 is 32.9 Å². The van der Waals surface area contributed by atoms with Crippen LogP contribution in [0.15, 0.2) is 22.8 Å². The number of hydrogen-bond donors (Lipinski definition) is 4. The molecule has 1 aromatic heterocycles. The molecule has 6 heteroatoms. The van der Waals surface area contributed by atoms with Crippen LogP contribution in [0.2, 0.25) is 0 Å². The molecule has 1 unspecified atom stereocenters. The summed E-state index contributed by atoms with van der Waals surface area (Å²) in [5.74, 6) is 0.402. The molecule has 3 atom stereocenters. The van der Waals surface area contributed by atoms with Gasteiger partial charge in [-0.1, -0.05) is 15.9 Å². The molecular weight excluding hydrogens is 332 g/mol. The lowest BCUT2D eigenvalue weighted by molar-refractivity contribution is 0.234. The zero-order chi connectivity index (χ0) is 14.6. The molecule has 1 saturated heterocycles. The molecule has 2 aromatic rings. The van der Waals surface area contributed by atoms with Gasteiger partial charge in [-0.25, -0.2) is 4.79 Å². The first-order chi connectivity index (χ1) is 10.1. The number of fused-ring (bicyclic) bond motifs is 2. The monoisotopic (exact) mass is 348 g/mol. The van der Waals surface area contributed by atoms with E-state index in [0.29, 0.717) is 12.0 Å². The van der Waals surface area contributed by atoms with E-state index in [1.165, 1.54) is 22.0 Å². The number of benzene rings is 1. The largest absolute Gasteiger partial charge is 0.361 e. The quantitative estimate of drug-likeness (QED) is 0.635. The number of primary amides is 1. The number of piperidine rings is 1. The first kappa shape index (κ1) is 13.2. The Labute approximate surface area is 130 Å². The van der Waals surface area contributed by atoms with Crippen LogP contribution in [0.3, 0.4) is 0 Å². The van der Waals surface area contributed by atoms with Crippen LogP contribution in [-0.2, 0) is 6.42 Å². The smallest absolute Gasteiger partial charge is 0.312 e. The van der Waals surface area contributed by atoms with Crippen LogP contribution in [0, 0.1) is 0 Å². The maximum Gasteiger partial charge on any atom is 0.312 e. The zero-order valence-corrected chi connectivity index (χ0v) is 13.0. The fraction of sp³-hybridized carbons (Fsp3) is 0.400. The van der Waals surface area contributed by atoms with Gasteiger partial charge in [-0.05, 0) is 36.1 Å². The third-order valence-electron chi connectivity index (χ3n) is 4.69. The number of urea groups is 1. The van der Waals surface area contributed by atoms with Crippen molar-refractivity contribution in [3.8, 4) is 0 Å². The molecule has 21 heavy (non-hydrogen) atoms. The number of halogens is 1. The number of nitrogens with one attached hydrogen (secondary N) is 3. The van der Waals surface area contributed by atoms with Crippen LogP contribution in [0.4, 0.5) is 4.79 Å². The Balaban J connectivity index is 1.76.